The maximum atomic E-state index is 11.9. The maximum Gasteiger partial charge on any atom is 0.270 e. The fourth-order valence-electron chi connectivity index (χ4n) is 2.34. The number of benzene rings is 2. The van der Waals surface area contributed by atoms with E-state index in [1.165, 1.54) is 30.1 Å². The van der Waals surface area contributed by atoms with E-state index in [4.69, 9.17) is 16.3 Å². The Labute approximate surface area is 156 Å². The molecule has 1 aliphatic rings. The number of ether oxygens (including phenoxy) is 1. The summed E-state index contributed by atoms with van der Waals surface area (Å²) in [5, 5.41) is 16.6. The molecular formula is C16H11BrClN3O4. The standard InChI is InChI=1S/C16H11BrClN3O4/c1-9(22)20-16(10-3-2-4-11(17)7-10)25-15(19-20)13-8-12(21(23)24)5-6-14(13)18/h2-8,16H,1H3/t16-/m0/s1. The third-order valence-corrected chi connectivity index (χ3v) is 4.31. The summed E-state index contributed by atoms with van der Waals surface area (Å²) in [4.78, 5) is 22.4. The van der Waals surface area contributed by atoms with Crippen LogP contribution in [0.15, 0.2) is 52.0 Å². The van der Waals surface area contributed by atoms with Crippen molar-refractivity contribution >= 4 is 45.0 Å². The highest BCUT2D eigenvalue weighted by Gasteiger charge is 2.34. The van der Waals surface area contributed by atoms with Gasteiger partial charge in [0.15, 0.2) is 0 Å². The van der Waals surface area contributed by atoms with Crippen LogP contribution in [-0.4, -0.2) is 21.7 Å². The lowest BCUT2D eigenvalue weighted by Crippen LogP contribution is -2.25. The zero-order valence-electron chi connectivity index (χ0n) is 12.8. The van der Waals surface area contributed by atoms with Gasteiger partial charge in [0.05, 0.1) is 15.5 Å². The lowest BCUT2D eigenvalue weighted by atomic mass is 10.2. The number of carbonyl (C=O) groups is 1. The highest BCUT2D eigenvalue weighted by atomic mass is 79.9. The average molecular weight is 425 g/mol. The van der Waals surface area contributed by atoms with Gasteiger partial charge < -0.3 is 4.74 Å². The van der Waals surface area contributed by atoms with E-state index in [1.54, 1.807) is 18.2 Å². The Bertz CT molecular complexity index is 903. The van der Waals surface area contributed by atoms with Gasteiger partial charge in [-0.2, -0.15) is 5.01 Å². The van der Waals surface area contributed by atoms with Crippen molar-refractivity contribution in [1.82, 2.24) is 5.01 Å². The molecule has 2 aromatic carbocycles. The Morgan fingerprint density at radius 3 is 2.76 bits per heavy atom. The minimum absolute atomic E-state index is 0.0499. The van der Waals surface area contributed by atoms with E-state index >= 15 is 0 Å². The molecule has 1 aliphatic heterocycles. The van der Waals surface area contributed by atoms with Gasteiger partial charge in [0.1, 0.15) is 0 Å². The van der Waals surface area contributed by atoms with Gasteiger partial charge in [-0.3, -0.25) is 14.9 Å². The van der Waals surface area contributed by atoms with Crippen LogP contribution in [0.3, 0.4) is 0 Å². The van der Waals surface area contributed by atoms with Crippen molar-refractivity contribution in [2.75, 3.05) is 0 Å². The minimum Gasteiger partial charge on any atom is -0.446 e. The fraction of sp³-hybridized carbons (Fsp3) is 0.125. The van der Waals surface area contributed by atoms with Gasteiger partial charge in [-0.15, -0.1) is 5.10 Å². The highest BCUT2D eigenvalue weighted by Crippen LogP contribution is 2.34. The molecule has 0 aromatic heterocycles. The Balaban J connectivity index is 2.02. The van der Waals surface area contributed by atoms with E-state index in [0.29, 0.717) is 5.56 Å². The van der Waals surface area contributed by atoms with Crippen molar-refractivity contribution in [2.45, 2.75) is 13.2 Å². The second kappa shape index (κ2) is 6.81. The number of rotatable bonds is 3. The van der Waals surface area contributed by atoms with Crippen LogP contribution in [0.2, 0.25) is 5.02 Å². The normalized spacial score (nSPS) is 16.4. The van der Waals surface area contributed by atoms with Gasteiger partial charge in [-0.25, -0.2) is 0 Å². The molecule has 0 spiro atoms. The fourth-order valence-corrected chi connectivity index (χ4v) is 2.96. The van der Waals surface area contributed by atoms with Crippen LogP contribution in [0.25, 0.3) is 0 Å². The molecule has 0 N–H and O–H groups in total. The minimum atomic E-state index is -0.777. The van der Waals surface area contributed by atoms with E-state index in [1.807, 2.05) is 6.07 Å². The molecule has 0 saturated heterocycles. The number of halogens is 2. The SMILES string of the molecule is CC(=O)N1N=C(c2cc([N+](=O)[O-])ccc2Cl)O[C@H]1c1cccc(Br)c1. The predicted molar refractivity (Wildman–Crippen MR) is 95.1 cm³/mol. The van der Waals surface area contributed by atoms with Gasteiger partial charge in [0.2, 0.25) is 18.0 Å². The van der Waals surface area contributed by atoms with Crippen LogP contribution in [0, 0.1) is 10.1 Å². The van der Waals surface area contributed by atoms with Crippen molar-refractivity contribution in [3.63, 3.8) is 0 Å². The molecule has 3 rings (SSSR count). The van der Waals surface area contributed by atoms with Gasteiger partial charge in [-0.1, -0.05) is 39.7 Å². The summed E-state index contributed by atoms with van der Waals surface area (Å²) in [6.45, 7) is 1.36. The number of nitrogens with zero attached hydrogens (tertiary/aromatic N) is 3. The molecule has 1 heterocycles. The summed E-state index contributed by atoms with van der Waals surface area (Å²) in [7, 11) is 0. The highest BCUT2D eigenvalue weighted by molar-refractivity contribution is 9.10. The largest absolute Gasteiger partial charge is 0.446 e. The molecule has 0 saturated carbocycles. The van der Waals surface area contributed by atoms with E-state index in [-0.39, 0.29) is 28.1 Å². The van der Waals surface area contributed by atoms with Gasteiger partial charge >= 0.3 is 0 Å². The molecule has 9 heteroatoms. The first kappa shape index (κ1) is 17.4. The predicted octanol–water partition coefficient (Wildman–Crippen LogP) is 4.25. The number of nitro benzene ring substituents is 1. The number of amides is 1. The molecular weight excluding hydrogens is 414 g/mol. The maximum absolute atomic E-state index is 11.9. The smallest absolute Gasteiger partial charge is 0.270 e. The van der Waals surface area contributed by atoms with Crippen LogP contribution in [-0.2, 0) is 9.53 Å². The molecule has 2 aromatic rings. The van der Waals surface area contributed by atoms with Crippen LogP contribution in [0.5, 0.6) is 0 Å². The molecule has 7 nitrogen and oxygen atoms in total. The van der Waals surface area contributed by atoms with E-state index in [0.717, 1.165) is 4.47 Å². The monoisotopic (exact) mass is 423 g/mol. The number of non-ortho nitro benzene ring substituents is 1. The molecule has 0 aliphatic carbocycles. The molecule has 1 amide bonds. The molecule has 0 bridgehead atoms. The summed E-state index contributed by atoms with van der Waals surface area (Å²) in [5.41, 5.74) is 0.801. The van der Waals surface area contributed by atoms with Crippen LogP contribution in [0.1, 0.15) is 24.3 Å². The summed E-state index contributed by atoms with van der Waals surface area (Å²) < 4.78 is 6.62. The van der Waals surface area contributed by atoms with E-state index in [9.17, 15) is 14.9 Å². The van der Waals surface area contributed by atoms with Gasteiger partial charge in [0.25, 0.3) is 5.69 Å². The number of hydrogen-bond acceptors (Lipinski definition) is 5. The molecule has 0 fully saturated rings. The first-order valence-electron chi connectivity index (χ1n) is 7.11. The van der Waals surface area contributed by atoms with Crippen LogP contribution >= 0.6 is 27.5 Å². The van der Waals surface area contributed by atoms with Crippen molar-refractivity contribution in [1.29, 1.82) is 0 Å². The number of nitro groups is 1. The number of carbonyl (C=O) groups excluding carboxylic acids is 1. The summed E-state index contributed by atoms with van der Waals surface area (Å²) in [6, 6.07) is 11.2. The van der Waals surface area contributed by atoms with Gasteiger partial charge in [0, 0.05) is 29.1 Å². The summed E-state index contributed by atoms with van der Waals surface area (Å²) in [5.74, 6) is -0.282. The van der Waals surface area contributed by atoms with Crippen LogP contribution < -0.4 is 0 Å². The Hall–Kier alpha value is -2.45. The lowest BCUT2D eigenvalue weighted by Gasteiger charge is -2.19. The molecule has 128 valence electrons. The third-order valence-electron chi connectivity index (χ3n) is 3.49. The van der Waals surface area contributed by atoms with E-state index < -0.39 is 11.2 Å². The zero-order valence-corrected chi connectivity index (χ0v) is 15.2. The molecule has 0 radical (unpaired) electrons. The second-order valence-electron chi connectivity index (χ2n) is 5.22. The average Bonchev–Trinajstić information content (AvgIpc) is 3.00. The Morgan fingerprint density at radius 1 is 1.36 bits per heavy atom. The second-order valence-corrected chi connectivity index (χ2v) is 6.54. The lowest BCUT2D eigenvalue weighted by molar-refractivity contribution is -0.384. The first-order chi connectivity index (χ1) is 11.9. The molecule has 0 unspecified atom stereocenters. The van der Waals surface area contributed by atoms with Crippen molar-refractivity contribution in [3.05, 3.63) is 73.2 Å². The zero-order chi connectivity index (χ0) is 18.1. The molecule has 25 heavy (non-hydrogen) atoms. The van der Waals surface area contributed by atoms with Crippen molar-refractivity contribution < 1.29 is 14.5 Å². The topological polar surface area (TPSA) is 85.0 Å². The van der Waals surface area contributed by atoms with Crippen molar-refractivity contribution in [2.24, 2.45) is 5.10 Å². The number of hydrogen-bond donors (Lipinski definition) is 0. The third kappa shape index (κ3) is 3.49. The molecule has 1 atom stereocenters. The summed E-state index contributed by atoms with van der Waals surface area (Å²) in [6.07, 6.45) is -0.777. The van der Waals surface area contributed by atoms with Crippen LogP contribution in [0.4, 0.5) is 5.69 Å². The number of hydrazone groups is 1. The Kier molecular flexibility index (Phi) is 4.73. The van der Waals surface area contributed by atoms with E-state index in [2.05, 4.69) is 21.0 Å². The first-order valence-corrected chi connectivity index (χ1v) is 8.29. The summed E-state index contributed by atoms with van der Waals surface area (Å²) >= 11 is 9.50. The van der Waals surface area contributed by atoms with Crippen molar-refractivity contribution in [3.8, 4) is 0 Å². The quantitative estimate of drug-likeness (QED) is 0.544. The van der Waals surface area contributed by atoms with Gasteiger partial charge in [-0.05, 0) is 18.2 Å². The Morgan fingerprint density at radius 2 is 2.12 bits per heavy atom.